The molecule has 1 unspecified atom stereocenters. The second-order valence-electron chi connectivity index (χ2n) is 9.03. The highest BCUT2D eigenvalue weighted by Crippen LogP contribution is 2.53. The first-order valence-corrected chi connectivity index (χ1v) is 13.5. The normalized spacial score (nSPS) is 16.0. The quantitative estimate of drug-likeness (QED) is 0.118. The molecule has 0 heterocycles. The Morgan fingerprint density at radius 2 is 1.97 bits per heavy atom. The monoisotopic (exact) mass is 516 g/mol. The lowest BCUT2D eigenvalue weighted by Gasteiger charge is -2.20. The van der Waals surface area contributed by atoms with Crippen LogP contribution in [0.1, 0.15) is 91.5 Å². The molecule has 0 saturated heterocycles. The molecule has 1 amide bonds. The fourth-order valence-electron chi connectivity index (χ4n) is 3.86. The van der Waals surface area contributed by atoms with E-state index in [2.05, 4.69) is 59.8 Å². The van der Waals surface area contributed by atoms with Crippen molar-refractivity contribution in [2.45, 2.75) is 92.1 Å². The molecule has 36 heavy (non-hydrogen) atoms. The number of nitrogens with zero attached hydrogens (tertiary/aromatic N) is 2. The zero-order chi connectivity index (χ0) is 27.0. The molecule has 0 aliphatic heterocycles. The minimum Gasteiger partial charge on any atom is -0.393 e. The minimum atomic E-state index is -0.133. The summed E-state index contributed by atoms with van der Waals surface area (Å²) in [5.41, 5.74) is 5.89. The number of carbonyl (C=O) groups is 1. The molecule has 2 rings (SSSR count). The number of benzene rings is 1. The second kappa shape index (κ2) is 17.1. The Balaban J connectivity index is 0.000000697. The molecule has 0 radical (unpaired) electrons. The molecule has 1 atom stereocenters. The van der Waals surface area contributed by atoms with E-state index in [4.69, 9.17) is 16.7 Å². The van der Waals surface area contributed by atoms with Gasteiger partial charge >= 0.3 is 0 Å². The molecule has 1 aromatic carbocycles. The van der Waals surface area contributed by atoms with Crippen LogP contribution in [0.25, 0.3) is 0 Å². The Bertz CT molecular complexity index is 933. The molecule has 0 bridgehead atoms. The number of amidine groups is 1. The van der Waals surface area contributed by atoms with Crippen molar-refractivity contribution in [2.75, 3.05) is 12.4 Å². The van der Waals surface area contributed by atoms with E-state index in [1.54, 1.807) is 25.4 Å². The van der Waals surface area contributed by atoms with Crippen molar-refractivity contribution in [1.82, 2.24) is 5.43 Å². The van der Waals surface area contributed by atoms with E-state index in [1.165, 1.54) is 18.9 Å². The van der Waals surface area contributed by atoms with Crippen LogP contribution in [0.3, 0.4) is 0 Å². The summed E-state index contributed by atoms with van der Waals surface area (Å²) in [7, 11) is 1.79. The van der Waals surface area contributed by atoms with Crippen LogP contribution in [0.2, 0.25) is 5.02 Å². The molecule has 1 aliphatic carbocycles. The van der Waals surface area contributed by atoms with Gasteiger partial charge in [-0.15, -0.1) is 0 Å². The maximum atomic E-state index is 11.1. The number of unbranched alkanes of at least 4 members (excludes halogenated alkanes) is 1. The van der Waals surface area contributed by atoms with E-state index in [9.17, 15) is 4.79 Å². The Labute approximate surface area is 223 Å². The molecule has 1 aromatic rings. The first-order valence-electron chi connectivity index (χ1n) is 13.1. The summed E-state index contributed by atoms with van der Waals surface area (Å²) in [6, 6.07) is 5.32. The molecular formula is C29H45ClN4O2. The smallest absolute Gasteiger partial charge is 0.221 e. The Morgan fingerprint density at radius 1 is 1.25 bits per heavy atom. The molecule has 1 aliphatic rings. The van der Waals surface area contributed by atoms with Gasteiger partial charge in [0.25, 0.3) is 0 Å². The number of aliphatic hydroxyl groups is 1. The fraction of sp³-hybridized carbons (Fsp3) is 0.552. The predicted molar refractivity (Wildman–Crippen MR) is 155 cm³/mol. The van der Waals surface area contributed by atoms with E-state index < -0.39 is 0 Å². The zero-order valence-corrected chi connectivity index (χ0v) is 23.7. The van der Waals surface area contributed by atoms with Crippen molar-refractivity contribution in [3.8, 4) is 0 Å². The maximum absolute atomic E-state index is 11.1. The average molecular weight is 517 g/mol. The average Bonchev–Trinajstić information content (AvgIpc) is 3.65. The van der Waals surface area contributed by atoms with Crippen LogP contribution < -0.4 is 10.7 Å². The lowest BCUT2D eigenvalue weighted by atomic mass is 9.91. The highest BCUT2D eigenvalue weighted by molar-refractivity contribution is 6.33. The van der Waals surface area contributed by atoms with Crippen LogP contribution in [-0.4, -0.2) is 36.2 Å². The number of anilines is 1. The first-order chi connectivity index (χ1) is 17.3. The third kappa shape index (κ3) is 10.7. The predicted octanol–water partition coefficient (Wildman–Crippen LogP) is 7.28. The van der Waals surface area contributed by atoms with Gasteiger partial charge in [0.2, 0.25) is 5.91 Å². The molecule has 200 valence electrons. The van der Waals surface area contributed by atoms with Gasteiger partial charge in [-0.25, -0.2) is 0 Å². The molecule has 1 fully saturated rings. The number of nitrogens with one attached hydrogen (secondary N) is 2. The number of carbonyl (C=O) groups excluding carboxylic acids is 1. The third-order valence-corrected chi connectivity index (χ3v) is 6.48. The third-order valence-electron chi connectivity index (χ3n) is 6.15. The van der Waals surface area contributed by atoms with Crippen molar-refractivity contribution in [2.24, 2.45) is 15.5 Å². The topological polar surface area (TPSA) is 86.1 Å². The molecule has 3 N–H and O–H groups in total. The Hall–Kier alpha value is -2.44. The van der Waals surface area contributed by atoms with Gasteiger partial charge in [0.05, 0.1) is 22.8 Å². The summed E-state index contributed by atoms with van der Waals surface area (Å²) < 4.78 is 0. The van der Waals surface area contributed by atoms with E-state index >= 15 is 0 Å². The van der Waals surface area contributed by atoms with Gasteiger partial charge in [-0.2, -0.15) is 5.10 Å². The largest absolute Gasteiger partial charge is 0.393 e. The van der Waals surface area contributed by atoms with Crippen LogP contribution in [0, 0.1) is 5.41 Å². The summed E-state index contributed by atoms with van der Waals surface area (Å²) >= 11 is 6.29. The summed E-state index contributed by atoms with van der Waals surface area (Å²) in [6.45, 7) is 9.93. The molecular weight excluding hydrogens is 472 g/mol. The number of allylic oxidation sites excluding steroid dienone is 3. The summed E-state index contributed by atoms with van der Waals surface area (Å²) in [6.07, 6.45) is 16.5. The highest BCUT2D eigenvalue weighted by atomic mass is 35.5. The van der Waals surface area contributed by atoms with Crippen molar-refractivity contribution >= 4 is 35.2 Å². The number of hydrogen-bond acceptors (Lipinski definition) is 4. The zero-order valence-electron chi connectivity index (χ0n) is 22.9. The van der Waals surface area contributed by atoms with Crippen molar-refractivity contribution in [3.05, 3.63) is 52.6 Å². The number of rotatable bonds is 12. The van der Waals surface area contributed by atoms with Crippen LogP contribution in [-0.2, 0) is 4.79 Å². The number of aliphatic imine (C=N–C) groups is 1. The van der Waals surface area contributed by atoms with Gasteiger partial charge in [-0.1, -0.05) is 75.9 Å². The van der Waals surface area contributed by atoms with E-state index in [0.717, 1.165) is 56.3 Å². The van der Waals surface area contributed by atoms with Gasteiger partial charge in [0.1, 0.15) is 5.84 Å². The summed E-state index contributed by atoms with van der Waals surface area (Å²) in [5.74, 6) is 0.749. The number of hydrogen-bond donors (Lipinski definition) is 3. The SMILES string of the molecule is CC/C=C\C=C(/CC)C1(C(=NC)N/N=C/c2ccc(NC(C)=O)cc2Cl)CC1.CCCCC(O)CC. The number of aliphatic hydroxyl groups excluding tert-OH is 1. The van der Waals surface area contributed by atoms with Gasteiger partial charge in [0.15, 0.2) is 0 Å². The van der Waals surface area contributed by atoms with Crippen LogP contribution in [0.15, 0.2) is 52.1 Å². The lowest BCUT2D eigenvalue weighted by molar-refractivity contribution is -0.114. The van der Waals surface area contributed by atoms with E-state index in [1.807, 2.05) is 13.0 Å². The van der Waals surface area contributed by atoms with Gasteiger partial charge in [-0.05, 0) is 56.7 Å². The number of halogens is 1. The molecule has 7 heteroatoms. The summed E-state index contributed by atoms with van der Waals surface area (Å²) in [4.78, 5) is 15.6. The van der Waals surface area contributed by atoms with E-state index in [0.29, 0.717) is 10.7 Å². The first kappa shape index (κ1) is 31.6. The molecule has 1 saturated carbocycles. The number of amides is 1. The number of hydrazone groups is 1. The molecule has 6 nitrogen and oxygen atoms in total. The van der Waals surface area contributed by atoms with Crippen LogP contribution >= 0.6 is 11.6 Å². The molecule has 0 spiro atoms. The van der Waals surface area contributed by atoms with Crippen molar-refractivity contribution < 1.29 is 9.90 Å². The van der Waals surface area contributed by atoms with Gasteiger partial charge < -0.3 is 10.4 Å². The highest BCUT2D eigenvalue weighted by Gasteiger charge is 2.49. The Morgan fingerprint density at radius 3 is 2.47 bits per heavy atom. The lowest BCUT2D eigenvalue weighted by Crippen LogP contribution is -2.30. The van der Waals surface area contributed by atoms with Gasteiger partial charge in [0, 0.05) is 25.2 Å². The standard InChI is InChI=1S/C22H29ClN4O.C7H16O/c1-5-7-8-9-18(6-2)22(12-13-22)21(24-4)27-25-15-17-10-11-19(14-20(17)23)26-16(3)28;1-3-5-6-7(8)4-2/h7-11,14-15H,5-6,12-13H2,1-4H3,(H,24,27)(H,26,28);7-8H,3-6H2,1-2H3/b8-7-,18-9+,25-15+;. The van der Waals surface area contributed by atoms with Crippen LogP contribution in [0.5, 0.6) is 0 Å². The Kier molecular flexibility index (Phi) is 15.0. The maximum Gasteiger partial charge on any atom is 0.221 e. The fourth-order valence-corrected chi connectivity index (χ4v) is 4.09. The summed E-state index contributed by atoms with van der Waals surface area (Å²) in [5, 5.41) is 16.6. The van der Waals surface area contributed by atoms with Crippen LogP contribution in [0.4, 0.5) is 5.69 Å². The van der Waals surface area contributed by atoms with E-state index in [-0.39, 0.29) is 17.4 Å². The second-order valence-corrected chi connectivity index (χ2v) is 9.44. The van der Waals surface area contributed by atoms with Crippen molar-refractivity contribution in [1.29, 1.82) is 0 Å². The van der Waals surface area contributed by atoms with Gasteiger partial charge in [-0.3, -0.25) is 15.2 Å². The minimum absolute atomic E-state index is 0.0298. The van der Waals surface area contributed by atoms with Crippen molar-refractivity contribution in [3.63, 3.8) is 0 Å². The molecule has 0 aromatic heterocycles.